The molecule has 156 valence electrons. The highest BCUT2D eigenvalue weighted by atomic mass is 35.5. The molecule has 0 radical (unpaired) electrons. The Morgan fingerprint density at radius 3 is 2.48 bits per heavy atom. The number of ether oxygens (including phenoxy) is 1. The normalized spacial score (nSPS) is 19.1. The summed E-state index contributed by atoms with van der Waals surface area (Å²) in [6, 6.07) is 13.3. The van der Waals surface area contributed by atoms with Gasteiger partial charge in [-0.05, 0) is 54.5 Å². The van der Waals surface area contributed by atoms with Crippen LogP contribution >= 0.6 is 11.6 Å². The maximum Gasteiger partial charge on any atom is 0.243 e. The summed E-state index contributed by atoms with van der Waals surface area (Å²) >= 11 is 6.13. The second kappa shape index (κ2) is 8.64. The number of benzene rings is 2. The SMILES string of the molecule is COc1ccc(S(=O)(=O)N2CCC(CN3CCc4ccccc4C3)CC2)cc1Cl. The molecule has 5 nitrogen and oxygen atoms in total. The van der Waals surface area contributed by atoms with Crippen molar-refractivity contribution in [3.05, 3.63) is 58.6 Å². The summed E-state index contributed by atoms with van der Waals surface area (Å²) in [5.41, 5.74) is 2.89. The first-order valence-electron chi connectivity index (χ1n) is 10.1. The Morgan fingerprint density at radius 1 is 1.07 bits per heavy atom. The fourth-order valence-electron chi connectivity index (χ4n) is 4.36. The van der Waals surface area contributed by atoms with Gasteiger partial charge in [-0.15, -0.1) is 0 Å². The van der Waals surface area contributed by atoms with Gasteiger partial charge in [0, 0.05) is 32.7 Å². The van der Waals surface area contributed by atoms with Gasteiger partial charge in [0.2, 0.25) is 10.0 Å². The molecule has 0 saturated carbocycles. The Balaban J connectivity index is 1.35. The highest BCUT2D eigenvalue weighted by Crippen LogP contribution is 2.30. The number of rotatable bonds is 5. The van der Waals surface area contributed by atoms with Gasteiger partial charge in [0.05, 0.1) is 17.0 Å². The molecular formula is C22H27ClN2O3S. The fraction of sp³-hybridized carbons (Fsp3) is 0.455. The topological polar surface area (TPSA) is 49.9 Å². The number of methoxy groups -OCH3 is 1. The summed E-state index contributed by atoms with van der Waals surface area (Å²) in [5.74, 6) is 1.01. The maximum atomic E-state index is 13.0. The molecule has 0 atom stereocenters. The van der Waals surface area contributed by atoms with Gasteiger partial charge >= 0.3 is 0 Å². The third-order valence-electron chi connectivity index (χ3n) is 6.06. The molecule has 2 heterocycles. The van der Waals surface area contributed by atoms with E-state index < -0.39 is 10.0 Å². The van der Waals surface area contributed by atoms with Crippen molar-refractivity contribution in [2.45, 2.75) is 30.7 Å². The van der Waals surface area contributed by atoms with Gasteiger partial charge in [0.25, 0.3) is 0 Å². The molecule has 2 aliphatic heterocycles. The molecule has 2 aliphatic rings. The number of fused-ring (bicyclic) bond motifs is 1. The Bertz CT molecular complexity index is 972. The van der Waals surface area contributed by atoms with Crippen LogP contribution in [-0.2, 0) is 23.0 Å². The molecule has 0 bridgehead atoms. The second-order valence-electron chi connectivity index (χ2n) is 7.90. The smallest absolute Gasteiger partial charge is 0.243 e. The number of piperidine rings is 1. The molecule has 29 heavy (non-hydrogen) atoms. The van der Waals surface area contributed by atoms with Crippen molar-refractivity contribution in [3.63, 3.8) is 0 Å². The summed E-state index contributed by atoms with van der Waals surface area (Å²) < 4.78 is 32.7. The van der Waals surface area contributed by atoms with Gasteiger partial charge < -0.3 is 4.74 Å². The van der Waals surface area contributed by atoms with E-state index in [1.165, 1.54) is 24.3 Å². The van der Waals surface area contributed by atoms with E-state index in [1.807, 2.05) is 0 Å². The largest absolute Gasteiger partial charge is 0.495 e. The van der Waals surface area contributed by atoms with Gasteiger partial charge in [-0.2, -0.15) is 4.31 Å². The minimum absolute atomic E-state index is 0.231. The van der Waals surface area contributed by atoms with Gasteiger partial charge in [-0.3, -0.25) is 4.90 Å². The molecule has 4 rings (SSSR count). The standard InChI is InChI=1S/C22H27ClN2O3S/c1-28-22-7-6-20(14-21(22)23)29(26,27)25-12-8-17(9-13-25)15-24-11-10-18-4-2-3-5-19(18)16-24/h2-7,14,17H,8-13,15-16H2,1H3. The van der Waals surface area contributed by atoms with E-state index in [4.69, 9.17) is 16.3 Å². The quantitative estimate of drug-likeness (QED) is 0.718. The van der Waals surface area contributed by atoms with Crippen LogP contribution < -0.4 is 4.74 Å². The van der Waals surface area contributed by atoms with E-state index in [9.17, 15) is 8.42 Å². The first-order chi connectivity index (χ1) is 14.0. The zero-order chi connectivity index (χ0) is 20.4. The van der Waals surface area contributed by atoms with Crippen LogP contribution in [0.5, 0.6) is 5.75 Å². The lowest BCUT2D eigenvalue weighted by Crippen LogP contribution is -2.42. The Hall–Kier alpha value is -1.60. The summed E-state index contributed by atoms with van der Waals surface area (Å²) in [5, 5.41) is 0.314. The second-order valence-corrected chi connectivity index (χ2v) is 10.2. The molecule has 2 aromatic carbocycles. The van der Waals surface area contributed by atoms with E-state index in [0.717, 1.165) is 38.9 Å². The van der Waals surface area contributed by atoms with E-state index in [0.29, 0.717) is 29.8 Å². The molecule has 0 amide bonds. The van der Waals surface area contributed by atoms with Crippen molar-refractivity contribution in [3.8, 4) is 5.75 Å². The predicted molar refractivity (Wildman–Crippen MR) is 115 cm³/mol. The number of halogens is 1. The van der Waals surface area contributed by atoms with Crippen molar-refractivity contribution in [2.75, 3.05) is 33.3 Å². The van der Waals surface area contributed by atoms with Crippen molar-refractivity contribution >= 4 is 21.6 Å². The van der Waals surface area contributed by atoms with E-state index in [2.05, 4.69) is 29.2 Å². The highest BCUT2D eigenvalue weighted by Gasteiger charge is 2.31. The zero-order valence-corrected chi connectivity index (χ0v) is 18.3. The summed E-state index contributed by atoms with van der Waals surface area (Å²) in [6.45, 7) is 4.23. The third-order valence-corrected chi connectivity index (χ3v) is 8.25. The van der Waals surface area contributed by atoms with Crippen molar-refractivity contribution in [2.24, 2.45) is 5.92 Å². The zero-order valence-electron chi connectivity index (χ0n) is 16.7. The van der Waals surface area contributed by atoms with E-state index in [-0.39, 0.29) is 4.90 Å². The first kappa shape index (κ1) is 20.7. The van der Waals surface area contributed by atoms with Crippen LogP contribution in [0.2, 0.25) is 5.02 Å². The Kier molecular flexibility index (Phi) is 6.16. The molecule has 0 N–H and O–H groups in total. The van der Waals surface area contributed by atoms with Gasteiger partial charge in [-0.25, -0.2) is 8.42 Å². The fourth-order valence-corrected chi connectivity index (χ4v) is 6.18. The summed E-state index contributed by atoms with van der Waals surface area (Å²) in [7, 11) is -2.01. The van der Waals surface area contributed by atoms with Crippen molar-refractivity contribution in [1.29, 1.82) is 0 Å². The van der Waals surface area contributed by atoms with Crippen LogP contribution in [0.15, 0.2) is 47.4 Å². The van der Waals surface area contributed by atoms with E-state index in [1.54, 1.807) is 16.4 Å². The molecule has 1 fully saturated rings. The van der Waals surface area contributed by atoms with Crippen molar-refractivity contribution < 1.29 is 13.2 Å². The van der Waals surface area contributed by atoms with Gasteiger partial charge in [-0.1, -0.05) is 35.9 Å². The average molecular weight is 435 g/mol. The Labute approximate surface area is 178 Å². The van der Waals surface area contributed by atoms with Crippen LogP contribution in [0.1, 0.15) is 24.0 Å². The number of nitrogens with zero attached hydrogens (tertiary/aromatic N) is 2. The minimum Gasteiger partial charge on any atom is -0.495 e. The lowest BCUT2D eigenvalue weighted by molar-refractivity contribution is 0.171. The molecule has 0 unspecified atom stereocenters. The monoisotopic (exact) mass is 434 g/mol. The van der Waals surface area contributed by atoms with Gasteiger partial charge in [0.15, 0.2) is 0 Å². The predicted octanol–water partition coefficient (Wildman–Crippen LogP) is 3.81. The molecule has 0 aromatic heterocycles. The van der Waals surface area contributed by atoms with Crippen LogP contribution in [0.4, 0.5) is 0 Å². The Morgan fingerprint density at radius 2 is 1.79 bits per heavy atom. The number of hydrogen-bond donors (Lipinski definition) is 0. The molecule has 1 saturated heterocycles. The van der Waals surface area contributed by atoms with Crippen LogP contribution in [-0.4, -0.2) is 50.9 Å². The number of hydrogen-bond acceptors (Lipinski definition) is 4. The molecule has 2 aromatic rings. The number of sulfonamides is 1. The lowest BCUT2D eigenvalue weighted by Gasteiger charge is -2.36. The molecule has 7 heteroatoms. The van der Waals surface area contributed by atoms with Crippen LogP contribution in [0.25, 0.3) is 0 Å². The first-order valence-corrected chi connectivity index (χ1v) is 11.9. The third kappa shape index (κ3) is 4.45. The minimum atomic E-state index is -3.53. The van der Waals surface area contributed by atoms with Gasteiger partial charge in [0.1, 0.15) is 5.75 Å². The van der Waals surface area contributed by atoms with Crippen LogP contribution in [0, 0.1) is 5.92 Å². The summed E-state index contributed by atoms with van der Waals surface area (Å²) in [6.07, 6.45) is 2.88. The maximum absolute atomic E-state index is 13.0. The molecule has 0 spiro atoms. The average Bonchev–Trinajstić information content (AvgIpc) is 2.74. The van der Waals surface area contributed by atoms with Crippen molar-refractivity contribution in [1.82, 2.24) is 9.21 Å². The lowest BCUT2D eigenvalue weighted by atomic mass is 9.94. The molecule has 0 aliphatic carbocycles. The highest BCUT2D eigenvalue weighted by molar-refractivity contribution is 7.89. The van der Waals surface area contributed by atoms with Crippen LogP contribution in [0.3, 0.4) is 0 Å². The van der Waals surface area contributed by atoms with E-state index >= 15 is 0 Å². The molecular weight excluding hydrogens is 408 g/mol. The summed E-state index contributed by atoms with van der Waals surface area (Å²) in [4.78, 5) is 2.75.